The summed E-state index contributed by atoms with van der Waals surface area (Å²) in [6.45, 7) is 6.63. The highest BCUT2D eigenvalue weighted by molar-refractivity contribution is 5.53. The lowest BCUT2D eigenvalue weighted by Gasteiger charge is -2.20. The van der Waals surface area contributed by atoms with Gasteiger partial charge in [-0.1, -0.05) is 18.2 Å². The first-order valence-electron chi connectivity index (χ1n) is 3.74. The third-order valence-corrected chi connectivity index (χ3v) is 1.53. The van der Waals surface area contributed by atoms with Crippen molar-refractivity contribution < 1.29 is 10.2 Å². The fourth-order valence-electron chi connectivity index (χ4n) is 1.02. The average Bonchev–Trinajstić information content (AvgIpc) is 2.04. The molecule has 0 bridgehead atoms. The van der Waals surface area contributed by atoms with Crippen molar-refractivity contribution in [1.82, 2.24) is 0 Å². The molecule has 0 saturated heterocycles. The monoisotopic (exact) mass is 177 g/mol. The maximum Gasteiger partial charge on any atom is 0.190 e. The molecule has 0 atom stereocenters. The maximum absolute atomic E-state index is 9.15. The molecule has 1 aromatic rings. The van der Waals surface area contributed by atoms with Gasteiger partial charge in [0.2, 0.25) is 0 Å². The van der Waals surface area contributed by atoms with Crippen LogP contribution < -0.4 is 4.90 Å². The van der Waals surface area contributed by atoms with Crippen molar-refractivity contribution in [3.8, 4) is 0 Å². The molecule has 0 aliphatic heterocycles. The average molecular weight is 177 g/mol. The molecular formula is C10H11NO2. The first kappa shape index (κ1) is 9.19. The van der Waals surface area contributed by atoms with E-state index < -0.39 is 0 Å². The molecular weight excluding hydrogens is 166 g/mol. The predicted octanol–water partition coefficient (Wildman–Crippen LogP) is 2.55. The molecule has 2 N–H and O–H groups in total. The van der Waals surface area contributed by atoms with E-state index in [9.17, 15) is 0 Å². The van der Waals surface area contributed by atoms with Crippen molar-refractivity contribution in [2.24, 2.45) is 0 Å². The Labute approximate surface area is 76.9 Å². The van der Waals surface area contributed by atoms with Crippen LogP contribution in [0.2, 0.25) is 0 Å². The Morgan fingerprint density at radius 2 is 1.46 bits per heavy atom. The van der Waals surface area contributed by atoms with Crippen LogP contribution in [0.15, 0.2) is 55.3 Å². The Morgan fingerprint density at radius 1 is 1.00 bits per heavy atom. The molecule has 0 heterocycles. The summed E-state index contributed by atoms with van der Waals surface area (Å²) in [7, 11) is 0. The molecule has 0 radical (unpaired) electrons. The Hall–Kier alpha value is -1.90. The molecule has 0 amide bonds. The second-order valence-electron chi connectivity index (χ2n) is 2.50. The largest absolute Gasteiger partial charge is 0.495 e. The van der Waals surface area contributed by atoms with Gasteiger partial charge in [-0.2, -0.15) is 0 Å². The van der Waals surface area contributed by atoms with Gasteiger partial charge >= 0.3 is 0 Å². The standard InChI is InChI=1S/C10H11NO2/c1-8(12)11(9(2)13)10-6-4-3-5-7-10/h3-7,12-13H,1-2H2. The minimum Gasteiger partial charge on any atom is -0.495 e. The summed E-state index contributed by atoms with van der Waals surface area (Å²) in [6, 6.07) is 8.86. The molecule has 0 saturated carbocycles. The minimum absolute atomic E-state index is 0.265. The lowest BCUT2D eigenvalue weighted by atomic mass is 10.3. The maximum atomic E-state index is 9.15. The first-order valence-corrected chi connectivity index (χ1v) is 3.74. The van der Waals surface area contributed by atoms with Crippen LogP contribution >= 0.6 is 0 Å². The zero-order valence-electron chi connectivity index (χ0n) is 7.14. The third kappa shape index (κ3) is 2.02. The van der Waals surface area contributed by atoms with Crippen molar-refractivity contribution in [2.75, 3.05) is 4.90 Å². The summed E-state index contributed by atoms with van der Waals surface area (Å²) in [4.78, 5) is 1.14. The molecule has 3 nitrogen and oxygen atoms in total. The smallest absolute Gasteiger partial charge is 0.190 e. The molecule has 0 aromatic heterocycles. The fraction of sp³-hybridized carbons (Fsp3) is 0. The SMILES string of the molecule is C=C(O)N(C(=C)O)c1ccccc1. The number of benzene rings is 1. The van der Waals surface area contributed by atoms with E-state index >= 15 is 0 Å². The molecule has 1 rings (SSSR count). The number of para-hydroxylation sites is 1. The minimum atomic E-state index is -0.265. The van der Waals surface area contributed by atoms with Crippen LogP contribution in [-0.4, -0.2) is 10.2 Å². The second kappa shape index (κ2) is 3.67. The molecule has 0 spiro atoms. The zero-order chi connectivity index (χ0) is 9.84. The van der Waals surface area contributed by atoms with E-state index in [4.69, 9.17) is 10.2 Å². The van der Waals surface area contributed by atoms with E-state index in [1.54, 1.807) is 24.3 Å². The highest BCUT2D eigenvalue weighted by Crippen LogP contribution is 2.19. The van der Waals surface area contributed by atoms with Gasteiger partial charge in [0.1, 0.15) is 0 Å². The number of rotatable bonds is 3. The molecule has 0 aliphatic rings. The van der Waals surface area contributed by atoms with Crippen molar-refractivity contribution in [2.45, 2.75) is 0 Å². The quantitative estimate of drug-likeness (QED) is 0.697. The Bertz CT molecular complexity index is 305. The highest BCUT2D eigenvalue weighted by Gasteiger charge is 2.10. The van der Waals surface area contributed by atoms with Gasteiger partial charge in [0.15, 0.2) is 11.8 Å². The van der Waals surface area contributed by atoms with Crippen LogP contribution in [0.25, 0.3) is 0 Å². The Morgan fingerprint density at radius 3 is 1.85 bits per heavy atom. The number of aliphatic hydroxyl groups is 2. The lowest BCUT2D eigenvalue weighted by Crippen LogP contribution is -2.19. The van der Waals surface area contributed by atoms with Crippen LogP contribution in [0, 0.1) is 0 Å². The Kier molecular flexibility index (Phi) is 2.59. The van der Waals surface area contributed by atoms with Crippen LogP contribution in [0.3, 0.4) is 0 Å². The van der Waals surface area contributed by atoms with Gasteiger partial charge in [0.05, 0.1) is 5.69 Å². The normalized spacial score (nSPS) is 9.23. The fourth-order valence-corrected chi connectivity index (χ4v) is 1.02. The van der Waals surface area contributed by atoms with Crippen molar-refractivity contribution in [3.63, 3.8) is 0 Å². The molecule has 68 valence electrons. The molecule has 0 fully saturated rings. The van der Waals surface area contributed by atoms with E-state index in [-0.39, 0.29) is 11.8 Å². The van der Waals surface area contributed by atoms with Gasteiger partial charge < -0.3 is 10.2 Å². The topological polar surface area (TPSA) is 43.7 Å². The number of nitrogens with zero attached hydrogens (tertiary/aromatic N) is 1. The third-order valence-electron chi connectivity index (χ3n) is 1.53. The van der Waals surface area contributed by atoms with Gasteiger partial charge in [-0.3, -0.25) is 4.90 Å². The van der Waals surface area contributed by atoms with Gasteiger partial charge in [-0.25, -0.2) is 0 Å². The van der Waals surface area contributed by atoms with Crippen LogP contribution in [0.4, 0.5) is 5.69 Å². The molecule has 0 aliphatic carbocycles. The van der Waals surface area contributed by atoms with Gasteiger partial charge in [-0.05, 0) is 25.3 Å². The first-order chi connectivity index (χ1) is 6.13. The van der Waals surface area contributed by atoms with Crippen LogP contribution in [0.1, 0.15) is 0 Å². The van der Waals surface area contributed by atoms with E-state index in [1.165, 1.54) is 0 Å². The summed E-state index contributed by atoms with van der Waals surface area (Å²) in [6.07, 6.45) is 0. The summed E-state index contributed by atoms with van der Waals surface area (Å²) < 4.78 is 0. The van der Waals surface area contributed by atoms with E-state index in [0.717, 1.165) is 4.90 Å². The summed E-state index contributed by atoms with van der Waals surface area (Å²) in [5.74, 6) is -0.530. The van der Waals surface area contributed by atoms with Crippen LogP contribution in [-0.2, 0) is 0 Å². The van der Waals surface area contributed by atoms with Gasteiger partial charge in [-0.15, -0.1) is 0 Å². The number of anilines is 1. The second-order valence-corrected chi connectivity index (χ2v) is 2.50. The van der Waals surface area contributed by atoms with E-state index in [2.05, 4.69) is 13.2 Å². The molecule has 0 unspecified atom stereocenters. The summed E-state index contributed by atoms with van der Waals surface area (Å²) in [5, 5.41) is 18.3. The molecule has 13 heavy (non-hydrogen) atoms. The van der Waals surface area contributed by atoms with Gasteiger partial charge in [0.25, 0.3) is 0 Å². The summed E-state index contributed by atoms with van der Waals surface area (Å²) in [5.41, 5.74) is 0.613. The number of hydrogen-bond acceptors (Lipinski definition) is 3. The highest BCUT2D eigenvalue weighted by atomic mass is 16.3. The number of hydrogen-bond donors (Lipinski definition) is 2. The van der Waals surface area contributed by atoms with Crippen molar-refractivity contribution in [1.29, 1.82) is 0 Å². The van der Waals surface area contributed by atoms with Crippen molar-refractivity contribution in [3.05, 3.63) is 55.3 Å². The summed E-state index contributed by atoms with van der Waals surface area (Å²) >= 11 is 0. The molecule has 3 heteroatoms. The van der Waals surface area contributed by atoms with Crippen LogP contribution in [0.5, 0.6) is 0 Å². The van der Waals surface area contributed by atoms with E-state index in [0.29, 0.717) is 5.69 Å². The predicted molar refractivity (Wildman–Crippen MR) is 52.5 cm³/mol. The molecule has 1 aromatic carbocycles. The number of aliphatic hydroxyl groups excluding tert-OH is 2. The van der Waals surface area contributed by atoms with Gasteiger partial charge in [0, 0.05) is 0 Å². The lowest BCUT2D eigenvalue weighted by molar-refractivity contribution is 0.346. The Balaban J connectivity index is 3.03. The van der Waals surface area contributed by atoms with Crippen molar-refractivity contribution >= 4 is 5.69 Å². The zero-order valence-corrected chi connectivity index (χ0v) is 7.14. The van der Waals surface area contributed by atoms with E-state index in [1.807, 2.05) is 6.07 Å².